The van der Waals surface area contributed by atoms with Crippen molar-refractivity contribution in [3.8, 4) is 5.75 Å². The van der Waals surface area contributed by atoms with Gasteiger partial charge in [-0.1, -0.05) is 24.3 Å². The summed E-state index contributed by atoms with van der Waals surface area (Å²) in [4.78, 5) is 6.42. The van der Waals surface area contributed by atoms with Crippen LogP contribution in [0.2, 0.25) is 0 Å². The predicted molar refractivity (Wildman–Crippen MR) is 140 cm³/mol. The molecule has 0 radical (unpaired) electrons. The number of hydrogen-bond acceptors (Lipinski definition) is 6. The van der Waals surface area contributed by atoms with Crippen LogP contribution < -0.4 is 15.0 Å². The monoisotopic (exact) mass is 565 g/mol. The molecule has 3 aromatic carbocycles. The van der Waals surface area contributed by atoms with Crippen LogP contribution in [0.5, 0.6) is 5.75 Å². The van der Waals surface area contributed by atoms with Crippen molar-refractivity contribution in [1.82, 2.24) is 4.98 Å². The third-order valence-electron chi connectivity index (χ3n) is 6.03. The minimum atomic E-state index is -5.94. The van der Waals surface area contributed by atoms with Crippen molar-refractivity contribution in [2.45, 2.75) is 18.0 Å². The molecule has 0 aliphatic heterocycles. The molecule has 1 heterocycles. The number of nitrogens with zero attached hydrogens (tertiary/aromatic N) is 2. The van der Waals surface area contributed by atoms with Crippen LogP contribution in [0, 0.1) is 0 Å². The van der Waals surface area contributed by atoms with E-state index in [0.29, 0.717) is 34.9 Å². The first-order valence-electron chi connectivity index (χ1n) is 12.0. The fourth-order valence-corrected chi connectivity index (χ4v) is 3.82. The SMILES string of the molecule is CN(C)c1ccc(/C=C/c2nc3ccc(OCCNc4ccc(C(O)(C(F)(F)F)C(F)(F)F)cc4)cc3o2)cc1. The van der Waals surface area contributed by atoms with Crippen LogP contribution in [0.4, 0.5) is 37.7 Å². The Morgan fingerprint density at radius 3 is 2.15 bits per heavy atom. The van der Waals surface area contributed by atoms with E-state index in [4.69, 9.17) is 9.15 Å². The Balaban J connectivity index is 1.32. The van der Waals surface area contributed by atoms with Gasteiger partial charge >= 0.3 is 12.4 Å². The quantitative estimate of drug-likeness (QED) is 0.171. The highest BCUT2D eigenvalue weighted by Crippen LogP contribution is 2.50. The fraction of sp³-hybridized carbons (Fsp3) is 0.250. The van der Waals surface area contributed by atoms with E-state index in [-0.39, 0.29) is 18.8 Å². The zero-order valence-electron chi connectivity index (χ0n) is 21.3. The van der Waals surface area contributed by atoms with E-state index in [0.717, 1.165) is 23.4 Å². The van der Waals surface area contributed by atoms with Gasteiger partial charge in [0, 0.05) is 49.7 Å². The molecule has 2 N–H and O–H groups in total. The number of hydrogen-bond donors (Lipinski definition) is 2. The summed E-state index contributed by atoms with van der Waals surface area (Å²) in [5, 5.41) is 12.3. The second-order valence-electron chi connectivity index (χ2n) is 9.06. The number of fused-ring (bicyclic) bond motifs is 1. The lowest BCUT2D eigenvalue weighted by Crippen LogP contribution is -2.53. The van der Waals surface area contributed by atoms with Crippen molar-refractivity contribution in [2.24, 2.45) is 0 Å². The third-order valence-corrected chi connectivity index (χ3v) is 6.03. The van der Waals surface area contributed by atoms with Crippen LogP contribution in [-0.4, -0.2) is 49.7 Å². The molecule has 0 amide bonds. The molecule has 1 aromatic heterocycles. The summed E-state index contributed by atoms with van der Waals surface area (Å²) in [7, 11) is 3.93. The van der Waals surface area contributed by atoms with Gasteiger partial charge in [0.1, 0.15) is 17.9 Å². The van der Waals surface area contributed by atoms with Crippen LogP contribution in [0.25, 0.3) is 23.3 Å². The fourth-order valence-electron chi connectivity index (χ4n) is 3.82. The van der Waals surface area contributed by atoms with Gasteiger partial charge in [0.15, 0.2) is 5.58 Å². The summed E-state index contributed by atoms with van der Waals surface area (Å²) in [6.07, 6.45) is -8.24. The zero-order valence-corrected chi connectivity index (χ0v) is 21.3. The first-order chi connectivity index (χ1) is 18.8. The molecule has 0 aliphatic carbocycles. The Bertz CT molecular complexity index is 1450. The Hall–Kier alpha value is -4.19. The molecule has 0 saturated heterocycles. The topological polar surface area (TPSA) is 70.8 Å². The second-order valence-corrected chi connectivity index (χ2v) is 9.06. The van der Waals surface area contributed by atoms with E-state index in [1.54, 1.807) is 24.3 Å². The molecule has 4 aromatic rings. The molecule has 212 valence electrons. The maximum atomic E-state index is 13.0. The number of anilines is 2. The highest BCUT2D eigenvalue weighted by Gasteiger charge is 2.71. The molecule has 0 atom stereocenters. The average Bonchev–Trinajstić information content (AvgIpc) is 3.31. The number of benzene rings is 3. The number of nitrogens with one attached hydrogen (secondary N) is 1. The molecule has 0 bridgehead atoms. The highest BCUT2D eigenvalue weighted by atomic mass is 19.4. The lowest BCUT2D eigenvalue weighted by atomic mass is 9.92. The molecule has 0 aliphatic rings. The number of aliphatic hydroxyl groups is 1. The number of halogens is 6. The van der Waals surface area contributed by atoms with Gasteiger partial charge in [-0.05, 0) is 48.0 Å². The highest BCUT2D eigenvalue weighted by molar-refractivity contribution is 5.77. The summed E-state index contributed by atoms with van der Waals surface area (Å²) >= 11 is 0. The van der Waals surface area contributed by atoms with Gasteiger partial charge < -0.3 is 24.5 Å². The standard InChI is InChI=1S/C28H25F6N3O3/c1-37(2)21-10-3-18(4-11-21)5-14-25-36-23-13-12-22(17-24(23)40-25)39-16-15-35-20-8-6-19(7-9-20)26(38,27(29,30)31)28(32,33)34/h3-14,17,35,38H,15-16H2,1-2H3/b14-5+. The Morgan fingerprint density at radius 1 is 0.900 bits per heavy atom. The summed E-state index contributed by atoms with van der Waals surface area (Å²) in [5.74, 6) is 0.896. The number of aromatic nitrogens is 1. The van der Waals surface area contributed by atoms with E-state index in [9.17, 15) is 31.4 Å². The number of alkyl halides is 6. The van der Waals surface area contributed by atoms with Crippen LogP contribution in [0.15, 0.2) is 71.1 Å². The van der Waals surface area contributed by atoms with Crippen molar-refractivity contribution in [3.05, 3.63) is 83.7 Å². The first-order valence-corrected chi connectivity index (χ1v) is 12.0. The molecular formula is C28H25F6N3O3. The van der Waals surface area contributed by atoms with Crippen LogP contribution in [0.1, 0.15) is 17.0 Å². The molecule has 6 nitrogen and oxygen atoms in total. The molecule has 40 heavy (non-hydrogen) atoms. The third kappa shape index (κ3) is 6.17. The molecule has 12 heteroatoms. The minimum Gasteiger partial charge on any atom is -0.492 e. The number of oxazole rings is 1. The van der Waals surface area contributed by atoms with E-state index in [1.165, 1.54) is 0 Å². The number of ether oxygens (including phenoxy) is 1. The predicted octanol–water partition coefficient (Wildman–Crippen LogP) is 6.87. The molecule has 0 unspecified atom stereocenters. The largest absolute Gasteiger partial charge is 0.492 e. The molecule has 0 spiro atoms. The van der Waals surface area contributed by atoms with Crippen LogP contribution in [-0.2, 0) is 5.60 Å². The molecule has 4 rings (SSSR count). The van der Waals surface area contributed by atoms with E-state index < -0.39 is 23.5 Å². The molecular weight excluding hydrogens is 540 g/mol. The maximum absolute atomic E-state index is 13.0. The van der Waals surface area contributed by atoms with Gasteiger partial charge in [0.25, 0.3) is 5.60 Å². The second kappa shape index (κ2) is 11.1. The van der Waals surface area contributed by atoms with Crippen molar-refractivity contribution in [2.75, 3.05) is 37.5 Å². The molecule has 0 saturated carbocycles. The molecule has 0 fully saturated rings. The van der Waals surface area contributed by atoms with Gasteiger partial charge in [-0.15, -0.1) is 0 Å². The van der Waals surface area contributed by atoms with Crippen molar-refractivity contribution < 1.29 is 40.6 Å². The van der Waals surface area contributed by atoms with Gasteiger partial charge in [-0.25, -0.2) is 4.98 Å². The van der Waals surface area contributed by atoms with E-state index in [2.05, 4.69) is 10.3 Å². The minimum absolute atomic E-state index is 0.131. The Kier molecular flexibility index (Phi) is 8.01. The number of rotatable bonds is 9. The van der Waals surface area contributed by atoms with Gasteiger partial charge in [-0.2, -0.15) is 26.3 Å². The Morgan fingerprint density at radius 2 is 1.55 bits per heavy atom. The van der Waals surface area contributed by atoms with Gasteiger partial charge in [0.2, 0.25) is 5.89 Å². The van der Waals surface area contributed by atoms with Gasteiger partial charge in [-0.3, -0.25) is 0 Å². The lowest BCUT2D eigenvalue weighted by molar-refractivity contribution is -0.376. The first kappa shape index (κ1) is 28.8. The summed E-state index contributed by atoms with van der Waals surface area (Å²) in [5.41, 5.74) is -2.84. The van der Waals surface area contributed by atoms with Crippen molar-refractivity contribution in [1.29, 1.82) is 0 Å². The van der Waals surface area contributed by atoms with Crippen LogP contribution >= 0.6 is 0 Å². The lowest BCUT2D eigenvalue weighted by Gasteiger charge is -2.32. The summed E-state index contributed by atoms with van der Waals surface area (Å²) in [6, 6.07) is 16.2. The van der Waals surface area contributed by atoms with Crippen molar-refractivity contribution in [3.63, 3.8) is 0 Å². The van der Waals surface area contributed by atoms with Crippen LogP contribution in [0.3, 0.4) is 0 Å². The summed E-state index contributed by atoms with van der Waals surface area (Å²) < 4.78 is 89.6. The average molecular weight is 566 g/mol. The van der Waals surface area contributed by atoms with E-state index in [1.807, 2.05) is 49.3 Å². The summed E-state index contributed by atoms with van der Waals surface area (Å²) in [6.45, 7) is 0.323. The van der Waals surface area contributed by atoms with Gasteiger partial charge in [0.05, 0.1) is 0 Å². The van der Waals surface area contributed by atoms with E-state index >= 15 is 0 Å². The van der Waals surface area contributed by atoms with Crippen molar-refractivity contribution >= 4 is 34.6 Å². The zero-order chi connectivity index (χ0) is 29.1. The normalized spacial score (nSPS) is 12.7. The smallest absolute Gasteiger partial charge is 0.430 e. The maximum Gasteiger partial charge on any atom is 0.430 e. The Labute approximate surface area is 225 Å².